The third-order valence-electron chi connectivity index (χ3n) is 2.84. The van der Waals surface area contributed by atoms with E-state index in [4.69, 9.17) is 0 Å². The number of rotatable bonds is 3. The molecule has 82 valence electrons. The molecule has 0 saturated carbocycles. The van der Waals surface area contributed by atoms with Crippen molar-refractivity contribution in [1.82, 2.24) is 5.32 Å². The quantitative estimate of drug-likeness (QED) is 0.807. The van der Waals surface area contributed by atoms with Crippen LogP contribution in [0.5, 0.6) is 0 Å². The Bertz CT molecular complexity index is 369. The molecule has 15 heavy (non-hydrogen) atoms. The Balaban J connectivity index is 2.95. The zero-order chi connectivity index (χ0) is 11.4. The fourth-order valence-corrected chi connectivity index (χ4v) is 1.54. The second-order valence-electron chi connectivity index (χ2n) is 3.94. The Morgan fingerprint density at radius 2 is 1.87 bits per heavy atom. The smallest absolute Gasteiger partial charge is 0.251 e. The van der Waals surface area contributed by atoms with Crippen molar-refractivity contribution in [3.8, 4) is 0 Å². The topological polar surface area (TPSA) is 29.1 Å². The molecule has 0 atom stereocenters. The Hall–Kier alpha value is -1.31. The highest BCUT2D eigenvalue weighted by atomic mass is 16.1. The standard InChI is InChI=1S/C13H19NO/c1-5-8-14-13(15)12-7-6-9(2)10(3)11(12)4/h6-7H,5,8H2,1-4H3,(H,14,15). The Kier molecular flexibility index (Phi) is 3.89. The van der Waals surface area contributed by atoms with Gasteiger partial charge in [-0.1, -0.05) is 13.0 Å². The van der Waals surface area contributed by atoms with E-state index in [-0.39, 0.29) is 5.91 Å². The molecule has 2 nitrogen and oxygen atoms in total. The van der Waals surface area contributed by atoms with Crippen molar-refractivity contribution >= 4 is 5.91 Å². The summed E-state index contributed by atoms with van der Waals surface area (Å²) >= 11 is 0. The summed E-state index contributed by atoms with van der Waals surface area (Å²) < 4.78 is 0. The second kappa shape index (κ2) is 4.96. The van der Waals surface area contributed by atoms with Crippen LogP contribution in [-0.4, -0.2) is 12.5 Å². The van der Waals surface area contributed by atoms with Crippen molar-refractivity contribution in [3.63, 3.8) is 0 Å². The van der Waals surface area contributed by atoms with E-state index in [0.29, 0.717) is 0 Å². The van der Waals surface area contributed by atoms with Crippen LogP contribution in [0.3, 0.4) is 0 Å². The predicted octanol–water partition coefficient (Wildman–Crippen LogP) is 2.75. The Morgan fingerprint density at radius 3 is 2.47 bits per heavy atom. The molecule has 2 heteroatoms. The number of aryl methyl sites for hydroxylation is 1. The molecule has 0 aliphatic carbocycles. The zero-order valence-corrected chi connectivity index (χ0v) is 9.98. The van der Waals surface area contributed by atoms with Crippen LogP contribution in [0.25, 0.3) is 0 Å². The molecule has 0 heterocycles. The summed E-state index contributed by atoms with van der Waals surface area (Å²) in [6.07, 6.45) is 0.968. The lowest BCUT2D eigenvalue weighted by Crippen LogP contribution is -2.25. The summed E-state index contributed by atoms with van der Waals surface area (Å²) in [6, 6.07) is 3.91. The van der Waals surface area contributed by atoms with E-state index in [9.17, 15) is 4.79 Å². The Morgan fingerprint density at radius 1 is 1.20 bits per heavy atom. The number of hydrogen-bond donors (Lipinski definition) is 1. The summed E-state index contributed by atoms with van der Waals surface area (Å²) in [7, 11) is 0. The highest BCUT2D eigenvalue weighted by Gasteiger charge is 2.10. The molecule has 0 bridgehead atoms. The molecular formula is C13H19NO. The molecule has 0 unspecified atom stereocenters. The van der Waals surface area contributed by atoms with Crippen LogP contribution in [0.4, 0.5) is 0 Å². The first-order valence-corrected chi connectivity index (χ1v) is 5.43. The van der Waals surface area contributed by atoms with Crippen LogP contribution in [0.15, 0.2) is 12.1 Å². The van der Waals surface area contributed by atoms with Crippen molar-refractivity contribution < 1.29 is 4.79 Å². The number of hydrogen-bond acceptors (Lipinski definition) is 1. The molecule has 0 aliphatic rings. The molecule has 0 saturated heterocycles. The SMILES string of the molecule is CCCNC(=O)c1ccc(C)c(C)c1C. The van der Waals surface area contributed by atoms with Gasteiger partial charge < -0.3 is 5.32 Å². The molecule has 1 rings (SSSR count). The highest BCUT2D eigenvalue weighted by molar-refractivity contribution is 5.96. The monoisotopic (exact) mass is 205 g/mol. The van der Waals surface area contributed by atoms with Crippen LogP contribution >= 0.6 is 0 Å². The number of carbonyl (C=O) groups is 1. The minimum atomic E-state index is 0.0393. The van der Waals surface area contributed by atoms with Crippen LogP contribution in [0.1, 0.15) is 40.4 Å². The lowest BCUT2D eigenvalue weighted by atomic mass is 9.98. The van der Waals surface area contributed by atoms with Crippen LogP contribution in [-0.2, 0) is 0 Å². The normalized spacial score (nSPS) is 10.1. The lowest BCUT2D eigenvalue weighted by Gasteiger charge is -2.10. The molecule has 0 aromatic heterocycles. The molecule has 0 aliphatic heterocycles. The van der Waals surface area contributed by atoms with E-state index in [2.05, 4.69) is 19.2 Å². The van der Waals surface area contributed by atoms with Gasteiger partial charge in [0.1, 0.15) is 0 Å². The van der Waals surface area contributed by atoms with Gasteiger partial charge >= 0.3 is 0 Å². The molecule has 1 aromatic carbocycles. The molecule has 1 amide bonds. The fourth-order valence-electron chi connectivity index (χ4n) is 1.54. The molecule has 1 aromatic rings. The van der Waals surface area contributed by atoms with Gasteiger partial charge in [0.2, 0.25) is 0 Å². The van der Waals surface area contributed by atoms with Crippen LogP contribution in [0.2, 0.25) is 0 Å². The number of benzene rings is 1. The van der Waals surface area contributed by atoms with E-state index in [1.807, 2.05) is 26.0 Å². The van der Waals surface area contributed by atoms with Crippen molar-refractivity contribution in [2.75, 3.05) is 6.54 Å². The predicted molar refractivity (Wildman–Crippen MR) is 63.3 cm³/mol. The Labute approximate surface area is 91.7 Å². The first-order chi connectivity index (χ1) is 7.07. The average Bonchev–Trinajstić information content (AvgIpc) is 2.23. The van der Waals surface area contributed by atoms with Crippen molar-refractivity contribution in [3.05, 3.63) is 34.4 Å². The van der Waals surface area contributed by atoms with Gasteiger partial charge in [-0.15, -0.1) is 0 Å². The summed E-state index contributed by atoms with van der Waals surface area (Å²) in [5, 5.41) is 2.90. The number of amides is 1. The first-order valence-electron chi connectivity index (χ1n) is 5.43. The highest BCUT2D eigenvalue weighted by Crippen LogP contribution is 2.16. The van der Waals surface area contributed by atoms with Crippen molar-refractivity contribution in [2.45, 2.75) is 34.1 Å². The third kappa shape index (κ3) is 2.58. The average molecular weight is 205 g/mol. The van der Waals surface area contributed by atoms with E-state index in [0.717, 1.165) is 24.1 Å². The van der Waals surface area contributed by atoms with Gasteiger partial charge in [0.25, 0.3) is 5.91 Å². The molecule has 0 radical (unpaired) electrons. The van der Waals surface area contributed by atoms with Gasteiger partial charge in [-0.25, -0.2) is 0 Å². The first kappa shape index (κ1) is 11.8. The van der Waals surface area contributed by atoms with Gasteiger partial charge in [0, 0.05) is 12.1 Å². The van der Waals surface area contributed by atoms with E-state index >= 15 is 0 Å². The maximum atomic E-state index is 11.8. The van der Waals surface area contributed by atoms with Crippen molar-refractivity contribution in [1.29, 1.82) is 0 Å². The molecular weight excluding hydrogens is 186 g/mol. The fraction of sp³-hybridized carbons (Fsp3) is 0.462. The largest absolute Gasteiger partial charge is 0.352 e. The minimum absolute atomic E-state index is 0.0393. The maximum Gasteiger partial charge on any atom is 0.251 e. The third-order valence-corrected chi connectivity index (χ3v) is 2.84. The van der Waals surface area contributed by atoms with Gasteiger partial charge in [0.15, 0.2) is 0 Å². The van der Waals surface area contributed by atoms with Gasteiger partial charge in [0.05, 0.1) is 0 Å². The summed E-state index contributed by atoms with van der Waals surface area (Å²) in [5.74, 6) is 0.0393. The van der Waals surface area contributed by atoms with Gasteiger partial charge in [-0.05, 0) is 49.9 Å². The minimum Gasteiger partial charge on any atom is -0.352 e. The van der Waals surface area contributed by atoms with E-state index in [1.165, 1.54) is 11.1 Å². The summed E-state index contributed by atoms with van der Waals surface area (Å²) in [6.45, 7) is 8.92. The van der Waals surface area contributed by atoms with E-state index < -0.39 is 0 Å². The van der Waals surface area contributed by atoms with Crippen LogP contribution < -0.4 is 5.32 Å². The second-order valence-corrected chi connectivity index (χ2v) is 3.94. The number of carbonyl (C=O) groups excluding carboxylic acids is 1. The maximum absolute atomic E-state index is 11.8. The summed E-state index contributed by atoms with van der Waals surface area (Å²) in [4.78, 5) is 11.8. The summed E-state index contributed by atoms with van der Waals surface area (Å²) in [5.41, 5.74) is 4.33. The molecule has 1 N–H and O–H groups in total. The van der Waals surface area contributed by atoms with Crippen molar-refractivity contribution in [2.24, 2.45) is 0 Å². The number of nitrogens with one attached hydrogen (secondary N) is 1. The van der Waals surface area contributed by atoms with Gasteiger partial charge in [-0.3, -0.25) is 4.79 Å². The lowest BCUT2D eigenvalue weighted by molar-refractivity contribution is 0.0953. The van der Waals surface area contributed by atoms with E-state index in [1.54, 1.807) is 0 Å². The molecule has 0 spiro atoms. The van der Waals surface area contributed by atoms with Gasteiger partial charge in [-0.2, -0.15) is 0 Å². The van der Waals surface area contributed by atoms with Crippen LogP contribution in [0, 0.1) is 20.8 Å². The zero-order valence-electron chi connectivity index (χ0n) is 9.98. The molecule has 0 fully saturated rings.